The average Bonchev–Trinajstić information content (AvgIpc) is 3.23. The molecule has 1 N–H and O–H groups in total. The van der Waals surface area contributed by atoms with Crippen molar-refractivity contribution >= 4 is 5.69 Å². The van der Waals surface area contributed by atoms with Gasteiger partial charge in [0.05, 0.1) is 24.5 Å². The first-order valence-corrected chi connectivity index (χ1v) is 10.3. The lowest BCUT2D eigenvalue weighted by Crippen LogP contribution is -2.37. The molecule has 3 aliphatic heterocycles. The van der Waals surface area contributed by atoms with E-state index >= 15 is 0 Å². The second kappa shape index (κ2) is 8.61. The van der Waals surface area contributed by atoms with Crippen LogP contribution in [0.2, 0.25) is 0 Å². The van der Waals surface area contributed by atoms with Gasteiger partial charge in [0.1, 0.15) is 12.0 Å². The topological polar surface area (TPSA) is 68.1 Å². The van der Waals surface area contributed by atoms with Gasteiger partial charge in [-0.05, 0) is 24.1 Å². The molecule has 0 atom stereocenters. The van der Waals surface area contributed by atoms with Crippen molar-refractivity contribution in [2.45, 2.75) is 6.42 Å². The molecule has 0 bridgehead atoms. The molecular weight excluding hydrogens is 376 g/mol. The minimum absolute atomic E-state index is 0.644. The minimum atomic E-state index is 0.644. The summed E-state index contributed by atoms with van der Waals surface area (Å²) in [6, 6.07) is 18.6. The molecule has 1 saturated heterocycles. The molecule has 0 radical (unpaired) electrons. The lowest BCUT2D eigenvalue weighted by molar-refractivity contribution is 0.0384. The van der Waals surface area contributed by atoms with Crippen LogP contribution in [0.3, 0.4) is 0 Å². The van der Waals surface area contributed by atoms with Crippen molar-refractivity contribution in [1.82, 2.24) is 24.8 Å². The van der Waals surface area contributed by atoms with Crippen molar-refractivity contribution in [2.75, 3.05) is 38.3 Å². The van der Waals surface area contributed by atoms with Crippen molar-refractivity contribution in [1.29, 1.82) is 0 Å². The number of rotatable bonds is 6. The third kappa shape index (κ3) is 4.17. The van der Waals surface area contributed by atoms with Crippen LogP contribution >= 0.6 is 0 Å². The maximum atomic E-state index is 5.41. The van der Waals surface area contributed by atoms with Gasteiger partial charge in [-0.3, -0.25) is 15.0 Å². The van der Waals surface area contributed by atoms with Gasteiger partial charge < -0.3 is 4.74 Å². The highest BCUT2D eigenvalue weighted by Crippen LogP contribution is 2.29. The molecule has 3 aliphatic rings. The van der Waals surface area contributed by atoms with Crippen LogP contribution < -0.4 is 5.43 Å². The summed E-state index contributed by atoms with van der Waals surface area (Å²) in [6.45, 7) is 4.83. The van der Waals surface area contributed by atoms with Crippen LogP contribution in [0.15, 0.2) is 67.1 Å². The number of hydrogen-bond donors (Lipinski definition) is 1. The number of fused-ring (bicyclic) bond motifs is 1. The van der Waals surface area contributed by atoms with Crippen LogP contribution in [0.1, 0.15) is 5.56 Å². The van der Waals surface area contributed by atoms with E-state index in [-0.39, 0.29) is 0 Å². The Morgan fingerprint density at radius 1 is 0.933 bits per heavy atom. The summed E-state index contributed by atoms with van der Waals surface area (Å²) in [7, 11) is 0. The fraction of sp³-hybridized carbons (Fsp3) is 0.261. The van der Waals surface area contributed by atoms with Crippen LogP contribution in [0.25, 0.3) is 22.6 Å². The number of nitrogens with zero attached hydrogens (tertiary/aromatic N) is 5. The summed E-state index contributed by atoms with van der Waals surface area (Å²) >= 11 is 0. The maximum Gasteiger partial charge on any atom is 0.187 e. The second-order valence-corrected chi connectivity index (χ2v) is 7.45. The molecule has 0 aromatic heterocycles. The van der Waals surface area contributed by atoms with E-state index in [1.54, 1.807) is 6.33 Å². The summed E-state index contributed by atoms with van der Waals surface area (Å²) in [5.41, 5.74) is 8.50. The van der Waals surface area contributed by atoms with E-state index in [1.165, 1.54) is 5.56 Å². The standard InChI is InChI=1S/C23H24N6O/c1-2-4-19(5-3-1)22-21-16-29(17-24-23(21)26-25-22)27-20-8-6-18(7-9-20)10-11-28-12-14-30-15-13-28/h1-9,16-17,27H,10-15H2. The van der Waals surface area contributed by atoms with Crippen molar-refractivity contribution in [3.8, 4) is 22.6 Å². The van der Waals surface area contributed by atoms with E-state index in [1.807, 2.05) is 41.2 Å². The molecule has 0 aliphatic carbocycles. The number of anilines is 1. The Morgan fingerprint density at radius 2 is 1.73 bits per heavy atom. The zero-order valence-corrected chi connectivity index (χ0v) is 16.7. The van der Waals surface area contributed by atoms with Crippen LogP contribution in [0, 0.1) is 0 Å². The third-order valence-corrected chi connectivity index (χ3v) is 5.39. The van der Waals surface area contributed by atoms with Crippen molar-refractivity contribution in [3.05, 3.63) is 72.7 Å². The maximum absolute atomic E-state index is 5.41. The molecule has 152 valence electrons. The number of ether oxygens (including phenoxy) is 1. The Balaban J connectivity index is 1.28. The summed E-state index contributed by atoms with van der Waals surface area (Å²) in [4.78, 5) is 6.89. The van der Waals surface area contributed by atoms with Gasteiger partial charge in [0.25, 0.3) is 0 Å². The molecule has 0 unspecified atom stereocenters. The molecule has 1 fully saturated rings. The van der Waals surface area contributed by atoms with Crippen LogP contribution in [-0.4, -0.2) is 57.6 Å². The first kappa shape index (κ1) is 18.7. The first-order chi connectivity index (χ1) is 14.8. The predicted molar refractivity (Wildman–Crippen MR) is 116 cm³/mol. The second-order valence-electron chi connectivity index (χ2n) is 7.45. The third-order valence-electron chi connectivity index (χ3n) is 5.39. The lowest BCUT2D eigenvalue weighted by Gasteiger charge is -2.26. The molecule has 7 nitrogen and oxygen atoms in total. The van der Waals surface area contributed by atoms with Gasteiger partial charge in [-0.1, -0.05) is 42.5 Å². The summed E-state index contributed by atoms with van der Waals surface area (Å²) in [5, 5.41) is 8.52. The normalized spacial score (nSPS) is 14.8. The number of morpholine rings is 1. The molecule has 3 heterocycles. The van der Waals surface area contributed by atoms with Crippen LogP contribution in [-0.2, 0) is 11.2 Å². The lowest BCUT2D eigenvalue weighted by atomic mass is 10.1. The number of nitrogens with one attached hydrogen (secondary N) is 1. The van der Waals surface area contributed by atoms with E-state index in [0.717, 1.165) is 61.8 Å². The zero-order chi connectivity index (χ0) is 20.2. The molecular formula is C23H24N6O. The monoisotopic (exact) mass is 400 g/mol. The van der Waals surface area contributed by atoms with Gasteiger partial charge in [0.15, 0.2) is 5.82 Å². The van der Waals surface area contributed by atoms with Crippen molar-refractivity contribution in [3.63, 3.8) is 0 Å². The molecule has 2 aromatic carbocycles. The van der Waals surface area contributed by atoms with Gasteiger partial charge in [0.2, 0.25) is 0 Å². The summed E-state index contributed by atoms with van der Waals surface area (Å²) in [5.74, 6) is 0.644. The van der Waals surface area contributed by atoms with E-state index in [4.69, 9.17) is 4.74 Å². The first-order valence-electron chi connectivity index (χ1n) is 10.3. The number of benzene rings is 2. The van der Waals surface area contributed by atoms with Crippen LogP contribution in [0.5, 0.6) is 0 Å². The van der Waals surface area contributed by atoms with Gasteiger partial charge in [0, 0.05) is 31.4 Å². The fourth-order valence-electron chi connectivity index (χ4n) is 3.69. The van der Waals surface area contributed by atoms with Crippen molar-refractivity contribution in [2.24, 2.45) is 0 Å². The Morgan fingerprint density at radius 3 is 2.53 bits per heavy atom. The van der Waals surface area contributed by atoms with Gasteiger partial charge >= 0.3 is 0 Å². The fourth-order valence-corrected chi connectivity index (χ4v) is 3.69. The molecule has 0 saturated carbocycles. The summed E-state index contributed by atoms with van der Waals surface area (Å²) < 4.78 is 7.26. The predicted octanol–water partition coefficient (Wildman–Crippen LogP) is 3.19. The molecule has 7 heteroatoms. The van der Waals surface area contributed by atoms with E-state index < -0.39 is 0 Å². The Hall–Kier alpha value is -3.29. The Kier molecular flexibility index (Phi) is 5.37. The van der Waals surface area contributed by atoms with Gasteiger partial charge in [-0.2, -0.15) is 0 Å². The average molecular weight is 400 g/mol. The number of hydrogen-bond acceptors (Lipinski definition) is 6. The minimum Gasteiger partial charge on any atom is -0.379 e. The number of aromatic nitrogens is 4. The van der Waals surface area contributed by atoms with E-state index in [9.17, 15) is 0 Å². The van der Waals surface area contributed by atoms with Gasteiger partial charge in [-0.25, -0.2) is 4.98 Å². The Bertz CT molecular complexity index is 1060. The molecule has 30 heavy (non-hydrogen) atoms. The van der Waals surface area contributed by atoms with Gasteiger partial charge in [-0.15, -0.1) is 10.2 Å². The molecule has 0 spiro atoms. The highest BCUT2D eigenvalue weighted by Gasteiger charge is 2.16. The molecule has 5 rings (SSSR count). The quantitative estimate of drug-likeness (QED) is 0.536. The zero-order valence-electron chi connectivity index (χ0n) is 16.7. The largest absolute Gasteiger partial charge is 0.379 e. The van der Waals surface area contributed by atoms with Crippen molar-refractivity contribution < 1.29 is 4.74 Å². The molecule has 2 aromatic rings. The highest BCUT2D eigenvalue weighted by atomic mass is 16.5. The van der Waals surface area contributed by atoms with E-state index in [0.29, 0.717) is 5.82 Å². The summed E-state index contributed by atoms with van der Waals surface area (Å²) in [6.07, 6.45) is 4.75. The molecule has 0 amide bonds. The van der Waals surface area contributed by atoms with E-state index in [2.05, 4.69) is 49.8 Å². The SMILES string of the molecule is c1ccc(-c2nnc3ncn(Nc4ccc(CCN5CCOCC5)cc4)cc2-3)cc1. The smallest absolute Gasteiger partial charge is 0.187 e. The Labute approximate surface area is 175 Å². The van der Waals surface area contributed by atoms with Crippen LogP contribution in [0.4, 0.5) is 5.69 Å². The highest BCUT2D eigenvalue weighted by molar-refractivity contribution is 5.77.